The molecule has 3 aliphatic heterocycles. The lowest BCUT2D eigenvalue weighted by atomic mass is 10.0. The average molecular weight is 254 g/mol. The summed E-state index contributed by atoms with van der Waals surface area (Å²) in [5, 5.41) is 0. The first-order chi connectivity index (χ1) is 8.81. The summed E-state index contributed by atoms with van der Waals surface area (Å²) in [5.74, 6) is 0. The first-order valence-electron chi connectivity index (χ1n) is 7.41. The van der Waals surface area contributed by atoms with Crippen LogP contribution in [0.4, 0.5) is 0 Å². The predicted octanol–water partition coefficient (Wildman–Crippen LogP) is 0.962. The minimum Gasteiger partial charge on any atom is -0.378 e. The van der Waals surface area contributed by atoms with Gasteiger partial charge in [0.05, 0.1) is 6.61 Å². The highest BCUT2D eigenvalue weighted by Crippen LogP contribution is 2.27. The van der Waals surface area contributed by atoms with Crippen molar-refractivity contribution < 1.29 is 9.47 Å². The molecule has 18 heavy (non-hydrogen) atoms. The number of nitrogens with zero attached hydrogens (tertiary/aromatic N) is 2. The SMILES string of the molecule is COC1(CN2CCCN3CCCC3C2)CCOC1. The molecule has 0 aromatic heterocycles. The Morgan fingerprint density at radius 1 is 1.28 bits per heavy atom. The zero-order valence-electron chi connectivity index (χ0n) is 11.6. The molecule has 0 saturated carbocycles. The van der Waals surface area contributed by atoms with E-state index in [0.717, 1.165) is 32.2 Å². The Hall–Kier alpha value is -0.160. The van der Waals surface area contributed by atoms with Gasteiger partial charge in [0.2, 0.25) is 0 Å². The van der Waals surface area contributed by atoms with Crippen molar-refractivity contribution >= 4 is 0 Å². The van der Waals surface area contributed by atoms with Crippen LogP contribution in [0.15, 0.2) is 0 Å². The zero-order chi connectivity index (χ0) is 12.4. The molecular formula is C14H26N2O2. The van der Waals surface area contributed by atoms with E-state index in [4.69, 9.17) is 9.47 Å². The number of rotatable bonds is 3. The molecule has 0 aliphatic carbocycles. The van der Waals surface area contributed by atoms with Crippen molar-refractivity contribution in [2.24, 2.45) is 0 Å². The topological polar surface area (TPSA) is 24.9 Å². The van der Waals surface area contributed by atoms with Crippen molar-refractivity contribution in [3.8, 4) is 0 Å². The number of fused-ring (bicyclic) bond motifs is 1. The Labute approximate surface area is 110 Å². The van der Waals surface area contributed by atoms with Crippen LogP contribution in [0.25, 0.3) is 0 Å². The average Bonchev–Trinajstić information content (AvgIpc) is 2.97. The quantitative estimate of drug-likeness (QED) is 0.749. The van der Waals surface area contributed by atoms with Crippen LogP contribution >= 0.6 is 0 Å². The molecule has 3 saturated heterocycles. The van der Waals surface area contributed by atoms with Gasteiger partial charge >= 0.3 is 0 Å². The van der Waals surface area contributed by atoms with Gasteiger partial charge in [0.1, 0.15) is 5.60 Å². The van der Waals surface area contributed by atoms with Gasteiger partial charge in [-0.15, -0.1) is 0 Å². The highest BCUT2D eigenvalue weighted by molar-refractivity contribution is 4.91. The van der Waals surface area contributed by atoms with Crippen LogP contribution in [0.2, 0.25) is 0 Å². The second-order valence-electron chi connectivity index (χ2n) is 6.11. The first-order valence-corrected chi connectivity index (χ1v) is 7.41. The molecule has 3 rings (SSSR count). The fourth-order valence-corrected chi connectivity index (χ4v) is 3.77. The summed E-state index contributed by atoms with van der Waals surface area (Å²) >= 11 is 0. The van der Waals surface area contributed by atoms with Gasteiger partial charge < -0.3 is 9.47 Å². The smallest absolute Gasteiger partial charge is 0.106 e. The van der Waals surface area contributed by atoms with E-state index in [-0.39, 0.29) is 5.60 Å². The van der Waals surface area contributed by atoms with E-state index in [0.29, 0.717) is 0 Å². The molecule has 0 bridgehead atoms. The van der Waals surface area contributed by atoms with Crippen LogP contribution in [0.5, 0.6) is 0 Å². The first kappa shape index (κ1) is 12.9. The summed E-state index contributed by atoms with van der Waals surface area (Å²) in [5.41, 5.74) is -0.0340. The van der Waals surface area contributed by atoms with Crippen molar-refractivity contribution in [2.75, 3.05) is 53.0 Å². The molecule has 0 N–H and O–H groups in total. The summed E-state index contributed by atoms with van der Waals surface area (Å²) < 4.78 is 11.3. The minimum atomic E-state index is -0.0340. The van der Waals surface area contributed by atoms with Gasteiger partial charge in [-0.05, 0) is 38.9 Å². The highest BCUT2D eigenvalue weighted by atomic mass is 16.5. The molecule has 0 amide bonds. The lowest BCUT2D eigenvalue weighted by molar-refractivity contribution is -0.0415. The molecule has 0 radical (unpaired) electrons. The van der Waals surface area contributed by atoms with Crippen LogP contribution in [0.1, 0.15) is 25.7 Å². The van der Waals surface area contributed by atoms with Crippen LogP contribution in [-0.2, 0) is 9.47 Å². The maximum Gasteiger partial charge on any atom is 0.106 e. The van der Waals surface area contributed by atoms with Crippen molar-refractivity contribution in [3.05, 3.63) is 0 Å². The van der Waals surface area contributed by atoms with Crippen molar-refractivity contribution in [3.63, 3.8) is 0 Å². The molecule has 3 heterocycles. The van der Waals surface area contributed by atoms with E-state index >= 15 is 0 Å². The Morgan fingerprint density at radius 3 is 2.94 bits per heavy atom. The van der Waals surface area contributed by atoms with Gasteiger partial charge in [-0.1, -0.05) is 0 Å². The second-order valence-corrected chi connectivity index (χ2v) is 6.11. The Kier molecular flexibility index (Phi) is 3.89. The van der Waals surface area contributed by atoms with Gasteiger partial charge in [0.25, 0.3) is 0 Å². The molecule has 2 atom stereocenters. The number of ether oxygens (including phenoxy) is 2. The van der Waals surface area contributed by atoms with Gasteiger partial charge in [-0.2, -0.15) is 0 Å². The lowest BCUT2D eigenvalue weighted by Crippen LogP contribution is -2.47. The van der Waals surface area contributed by atoms with Crippen LogP contribution in [-0.4, -0.2) is 74.5 Å². The van der Waals surface area contributed by atoms with Crippen LogP contribution in [0, 0.1) is 0 Å². The largest absolute Gasteiger partial charge is 0.378 e. The van der Waals surface area contributed by atoms with Crippen LogP contribution in [0.3, 0.4) is 0 Å². The third kappa shape index (κ3) is 2.57. The molecule has 0 aromatic rings. The Morgan fingerprint density at radius 2 is 2.17 bits per heavy atom. The summed E-state index contributed by atoms with van der Waals surface area (Å²) in [6.07, 6.45) is 5.12. The predicted molar refractivity (Wildman–Crippen MR) is 70.8 cm³/mol. The fraction of sp³-hybridized carbons (Fsp3) is 1.00. The maximum atomic E-state index is 5.77. The van der Waals surface area contributed by atoms with E-state index in [2.05, 4.69) is 9.80 Å². The number of hydrogen-bond acceptors (Lipinski definition) is 4. The van der Waals surface area contributed by atoms with Crippen molar-refractivity contribution in [2.45, 2.75) is 37.3 Å². The van der Waals surface area contributed by atoms with Gasteiger partial charge in [0, 0.05) is 39.3 Å². The summed E-state index contributed by atoms with van der Waals surface area (Å²) in [6.45, 7) is 7.73. The molecular weight excluding hydrogens is 228 g/mol. The summed E-state index contributed by atoms with van der Waals surface area (Å²) in [4.78, 5) is 5.30. The van der Waals surface area contributed by atoms with Gasteiger partial charge in [-0.25, -0.2) is 0 Å². The molecule has 0 spiro atoms. The Balaban J connectivity index is 1.61. The van der Waals surface area contributed by atoms with E-state index < -0.39 is 0 Å². The normalized spacial score (nSPS) is 38.8. The number of hydrogen-bond donors (Lipinski definition) is 0. The third-order valence-electron chi connectivity index (χ3n) is 4.90. The molecule has 2 unspecified atom stereocenters. The lowest BCUT2D eigenvalue weighted by Gasteiger charge is -2.34. The highest BCUT2D eigenvalue weighted by Gasteiger charge is 2.38. The standard InChI is InChI=1S/C14H26N2O2/c1-17-14(5-9-18-12-14)11-15-6-3-8-16-7-2-4-13(16)10-15/h13H,2-12H2,1H3. The molecule has 3 aliphatic rings. The van der Waals surface area contributed by atoms with Crippen molar-refractivity contribution in [1.29, 1.82) is 0 Å². The van der Waals surface area contributed by atoms with Crippen molar-refractivity contribution in [1.82, 2.24) is 9.80 Å². The molecule has 4 nitrogen and oxygen atoms in total. The third-order valence-corrected chi connectivity index (χ3v) is 4.90. The second kappa shape index (κ2) is 5.45. The summed E-state index contributed by atoms with van der Waals surface area (Å²) in [7, 11) is 1.84. The van der Waals surface area contributed by atoms with E-state index in [1.165, 1.54) is 45.4 Å². The number of methoxy groups -OCH3 is 1. The Bertz CT molecular complexity index is 279. The van der Waals surface area contributed by atoms with E-state index in [1.807, 2.05) is 7.11 Å². The zero-order valence-corrected chi connectivity index (χ0v) is 11.6. The molecule has 3 fully saturated rings. The molecule has 0 aromatic carbocycles. The summed E-state index contributed by atoms with van der Waals surface area (Å²) in [6, 6.07) is 0.795. The maximum absolute atomic E-state index is 5.77. The minimum absolute atomic E-state index is 0.0340. The van der Waals surface area contributed by atoms with Gasteiger partial charge in [0.15, 0.2) is 0 Å². The monoisotopic (exact) mass is 254 g/mol. The fourth-order valence-electron chi connectivity index (χ4n) is 3.77. The molecule has 4 heteroatoms. The van der Waals surface area contributed by atoms with Gasteiger partial charge in [-0.3, -0.25) is 9.80 Å². The van der Waals surface area contributed by atoms with E-state index in [9.17, 15) is 0 Å². The van der Waals surface area contributed by atoms with E-state index in [1.54, 1.807) is 0 Å². The van der Waals surface area contributed by atoms with Crippen LogP contribution < -0.4 is 0 Å². The molecule has 104 valence electrons.